The van der Waals surface area contributed by atoms with Crippen LogP contribution in [0.25, 0.3) is 5.69 Å². The van der Waals surface area contributed by atoms with E-state index < -0.39 is 17.4 Å². The zero-order valence-electron chi connectivity index (χ0n) is 12.7. The molecule has 0 unspecified atom stereocenters. The van der Waals surface area contributed by atoms with E-state index in [-0.39, 0.29) is 10.9 Å². The summed E-state index contributed by atoms with van der Waals surface area (Å²) < 4.78 is 44.4. The van der Waals surface area contributed by atoms with Crippen LogP contribution in [-0.4, -0.2) is 15.7 Å². The summed E-state index contributed by atoms with van der Waals surface area (Å²) in [6.07, 6.45) is -4.74. The summed E-state index contributed by atoms with van der Waals surface area (Å²) in [5, 5.41) is 0. The molecule has 1 heterocycles. The summed E-state index contributed by atoms with van der Waals surface area (Å²) in [4.78, 5) is 14.1. The molecule has 0 aliphatic rings. The van der Waals surface area contributed by atoms with Crippen molar-refractivity contribution in [2.75, 3.05) is 0 Å². The molecule has 124 valence electrons. The number of aryl methyl sites for hydroxylation is 1. The second-order valence-corrected chi connectivity index (χ2v) is 5.66. The molecule has 0 aliphatic heterocycles. The minimum Gasteiger partial charge on any atom is -0.491 e. The van der Waals surface area contributed by atoms with Gasteiger partial charge in [0.05, 0.1) is 11.8 Å². The molecule has 0 saturated heterocycles. The Labute approximate surface area is 135 Å². The number of alkyl halides is 3. The summed E-state index contributed by atoms with van der Waals surface area (Å²) in [6, 6.07) is 5.37. The van der Waals surface area contributed by atoms with E-state index in [0.29, 0.717) is 17.5 Å². The molecule has 8 heteroatoms. The van der Waals surface area contributed by atoms with E-state index in [9.17, 15) is 18.0 Å². The van der Waals surface area contributed by atoms with E-state index in [1.807, 2.05) is 25.8 Å². The van der Waals surface area contributed by atoms with Crippen LogP contribution in [-0.2, 0) is 6.18 Å². The van der Waals surface area contributed by atoms with Crippen molar-refractivity contribution >= 4 is 12.2 Å². The highest BCUT2D eigenvalue weighted by Crippen LogP contribution is 2.27. The normalized spacial score (nSPS) is 11.8. The van der Waals surface area contributed by atoms with Crippen molar-refractivity contribution in [2.24, 2.45) is 0 Å². The van der Waals surface area contributed by atoms with E-state index in [2.05, 4.69) is 0 Å². The van der Waals surface area contributed by atoms with Crippen LogP contribution < -0.4 is 10.3 Å². The average molecular weight is 344 g/mol. The minimum absolute atomic E-state index is 0.0807. The third-order valence-corrected chi connectivity index (χ3v) is 3.32. The quantitative estimate of drug-likeness (QED) is 0.856. The van der Waals surface area contributed by atoms with Gasteiger partial charge < -0.3 is 9.72 Å². The Morgan fingerprint density at radius 2 is 1.91 bits per heavy atom. The minimum atomic E-state index is -4.66. The first-order valence-electron chi connectivity index (χ1n) is 6.81. The molecular formula is C15H15F3N2O2S. The lowest BCUT2D eigenvalue weighted by Crippen LogP contribution is -2.23. The molecular weight excluding hydrogens is 329 g/mol. The Balaban J connectivity index is 2.60. The molecule has 1 aromatic carbocycles. The monoisotopic (exact) mass is 344 g/mol. The zero-order chi connectivity index (χ0) is 17.4. The fraction of sp³-hybridized carbons (Fsp3) is 0.333. The summed E-state index contributed by atoms with van der Waals surface area (Å²) in [6.45, 7) is 5.53. The average Bonchev–Trinajstić information content (AvgIpc) is 2.39. The molecule has 0 aliphatic carbocycles. The lowest BCUT2D eigenvalue weighted by Gasteiger charge is -2.15. The molecule has 23 heavy (non-hydrogen) atoms. The summed E-state index contributed by atoms with van der Waals surface area (Å²) >= 11 is 4.91. The van der Waals surface area contributed by atoms with Crippen molar-refractivity contribution in [1.29, 1.82) is 0 Å². The molecule has 0 saturated carbocycles. The number of ether oxygens (including phenoxy) is 1. The number of aromatic nitrogens is 2. The van der Waals surface area contributed by atoms with Gasteiger partial charge in [0.2, 0.25) is 0 Å². The van der Waals surface area contributed by atoms with Crippen LogP contribution in [0.4, 0.5) is 13.2 Å². The largest absolute Gasteiger partial charge is 0.491 e. The number of hydrogen-bond acceptors (Lipinski definition) is 3. The van der Waals surface area contributed by atoms with Crippen LogP contribution >= 0.6 is 12.2 Å². The number of nitrogens with zero attached hydrogens (tertiary/aromatic N) is 1. The van der Waals surface area contributed by atoms with Gasteiger partial charge in [-0.2, -0.15) is 13.2 Å². The van der Waals surface area contributed by atoms with Crippen molar-refractivity contribution in [1.82, 2.24) is 9.55 Å². The number of benzene rings is 1. The maximum atomic E-state index is 12.7. The molecule has 0 bridgehead atoms. The van der Waals surface area contributed by atoms with Gasteiger partial charge in [0.25, 0.3) is 5.56 Å². The first-order valence-corrected chi connectivity index (χ1v) is 7.21. The van der Waals surface area contributed by atoms with Crippen LogP contribution in [0.15, 0.2) is 29.1 Å². The van der Waals surface area contributed by atoms with Crippen molar-refractivity contribution < 1.29 is 17.9 Å². The van der Waals surface area contributed by atoms with Crippen LogP contribution in [0.3, 0.4) is 0 Å². The number of hydrogen-bond donors (Lipinski definition) is 1. The number of aromatic amines is 1. The zero-order valence-corrected chi connectivity index (χ0v) is 13.5. The van der Waals surface area contributed by atoms with Gasteiger partial charge >= 0.3 is 6.18 Å². The first-order chi connectivity index (χ1) is 10.6. The van der Waals surface area contributed by atoms with Gasteiger partial charge in [-0.1, -0.05) is 6.07 Å². The summed E-state index contributed by atoms with van der Waals surface area (Å²) in [7, 11) is 0. The molecule has 4 nitrogen and oxygen atoms in total. The molecule has 1 aromatic heterocycles. The highest BCUT2D eigenvalue weighted by molar-refractivity contribution is 7.71. The molecule has 0 spiro atoms. The third kappa shape index (κ3) is 3.82. The molecule has 0 radical (unpaired) electrons. The first kappa shape index (κ1) is 17.3. The second-order valence-electron chi connectivity index (χ2n) is 5.28. The Bertz CT molecular complexity index is 807. The number of halogens is 3. The Hall–Kier alpha value is -2.09. The Morgan fingerprint density at radius 1 is 1.26 bits per heavy atom. The molecule has 1 N–H and O–H groups in total. The SMILES string of the molecule is Cc1ccc(-n2c(=O)cc(C(F)(F)F)[nH]c2=S)cc1OC(C)C. The highest BCUT2D eigenvalue weighted by atomic mass is 32.1. The predicted molar refractivity (Wildman–Crippen MR) is 82.7 cm³/mol. The smallest absolute Gasteiger partial charge is 0.431 e. The van der Waals surface area contributed by atoms with E-state index in [4.69, 9.17) is 17.0 Å². The molecule has 0 atom stereocenters. The van der Waals surface area contributed by atoms with Crippen LogP contribution in [0.1, 0.15) is 25.1 Å². The second kappa shape index (κ2) is 6.19. The Morgan fingerprint density at radius 3 is 2.43 bits per heavy atom. The van der Waals surface area contributed by atoms with E-state index in [1.54, 1.807) is 18.2 Å². The van der Waals surface area contributed by atoms with Crippen molar-refractivity contribution in [3.63, 3.8) is 0 Å². The topological polar surface area (TPSA) is 47.0 Å². The fourth-order valence-corrected chi connectivity index (χ4v) is 2.31. The van der Waals surface area contributed by atoms with E-state index in [1.165, 1.54) is 0 Å². The van der Waals surface area contributed by atoms with Gasteiger partial charge in [0, 0.05) is 12.1 Å². The standard InChI is InChI=1S/C15H15F3N2O2S/c1-8(2)22-11-6-10(5-4-9(11)3)20-13(21)7-12(15(16,17)18)19-14(20)23/h4-8H,1-3H3,(H,19,23). The lowest BCUT2D eigenvalue weighted by molar-refractivity contribution is -0.141. The van der Waals surface area contributed by atoms with Gasteiger partial charge in [0.1, 0.15) is 11.4 Å². The van der Waals surface area contributed by atoms with Gasteiger partial charge in [-0.25, -0.2) is 0 Å². The third-order valence-electron chi connectivity index (χ3n) is 3.03. The molecule has 2 rings (SSSR count). The molecule has 0 fully saturated rings. The fourth-order valence-electron chi connectivity index (χ4n) is 2.00. The number of rotatable bonds is 3. The lowest BCUT2D eigenvalue weighted by atomic mass is 10.2. The van der Waals surface area contributed by atoms with Gasteiger partial charge in [-0.05, 0) is 44.6 Å². The van der Waals surface area contributed by atoms with E-state index in [0.717, 1.165) is 10.1 Å². The summed E-state index contributed by atoms with van der Waals surface area (Å²) in [5.41, 5.74) is -0.849. The summed E-state index contributed by atoms with van der Waals surface area (Å²) in [5.74, 6) is 0.540. The van der Waals surface area contributed by atoms with Gasteiger partial charge in [-0.15, -0.1) is 0 Å². The maximum Gasteiger partial charge on any atom is 0.431 e. The molecule has 0 amide bonds. The highest BCUT2D eigenvalue weighted by Gasteiger charge is 2.32. The van der Waals surface area contributed by atoms with Crippen molar-refractivity contribution in [2.45, 2.75) is 33.1 Å². The van der Waals surface area contributed by atoms with Crippen molar-refractivity contribution in [3.8, 4) is 11.4 Å². The van der Waals surface area contributed by atoms with Crippen molar-refractivity contribution in [3.05, 3.63) is 50.6 Å². The van der Waals surface area contributed by atoms with Gasteiger partial charge in [0.15, 0.2) is 4.77 Å². The van der Waals surface area contributed by atoms with Crippen LogP contribution in [0.5, 0.6) is 5.75 Å². The number of nitrogens with one attached hydrogen (secondary N) is 1. The maximum absolute atomic E-state index is 12.7. The van der Waals surface area contributed by atoms with Crippen LogP contribution in [0, 0.1) is 11.7 Å². The van der Waals surface area contributed by atoms with Crippen LogP contribution in [0.2, 0.25) is 0 Å². The molecule has 2 aromatic rings. The van der Waals surface area contributed by atoms with Gasteiger partial charge in [-0.3, -0.25) is 9.36 Å². The number of H-pyrrole nitrogens is 1. The predicted octanol–water partition coefficient (Wildman–Crippen LogP) is 4.01. The Kier molecular flexibility index (Phi) is 4.65. The van der Waals surface area contributed by atoms with E-state index >= 15 is 0 Å².